The molecule has 3 aliphatic rings. The quantitative estimate of drug-likeness (QED) is 0.557. The van der Waals surface area contributed by atoms with Crippen LogP contribution in [-0.4, -0.2) is 25.5 Å². The van der Waals surface area contributed by atoms with Gasteiger partial charge in [-0.05, 0) is 34.5 Å². The van der Waals surface area contributed by atoms with E-state index in [4.69, 9.17) is 37.4 Å². The molecule has 1 atom stereocenters. The Balaban J connectivity index is 2.02. The van der Waals surface area contributed by atoms with E-state index in [0.717, 1.165) is 0 Å². The Bertz CT molecular complexity index is 622. The lowest BCUT2D eigenvalue weighted by molar-refractivity contribution is -0.524. The van der Waals surface area contributed by atoms with Crippen molar-refractivity contribution >= 4 is 39.1 Å². The zero-order chi connectivity index (χ0) is 17.8. The van der Waals surface area contributed by atoms with Crippen LogP contribution in [0.25, 0.3) is 0 Å². The first-order chi connectivity index (χ1) is 11.1. The van der Waals surface area contributed by atoms with E-state index in [9.17, 15) is 13.2 Å². The van der Waals surface area contributed by atoms with Crippen LogP contribution in [0.5, 0.6) is 0 Å². The number of halogens is 6. The molecule has 3 heterocycles. The third-order valence-corrected chi connectivity index (χ3v) is 6.22. The number of ether oxygens (including phenoxy) is 3. The molecule has 134 valence electrons. The Kier molecular flexibility index (Phi) is 4.90. The second kappa shape index (κ2) is 6.28. The van der Waals surface area contributed by atoms with E-state index in [1.165, 1.54) is 12.1 Å². The van der Waals surface area contributed by atoms with E-state index in [0.29, 0.717) is 10.9 Å². The zero-order valence-electron chi connectivity index (χ0n) is 12.6. The van der Waals surface area contributed by atoms with Crippen molar-refractivity contribution in [3.63, 3.8) is 0 Å². The van der Waals surface area contributed by atoms with Crippen molar-refractivity contribution in [2.75, 3.05) is 13.2 Å². The van der Waals surface area contributed by atoms with Crippen LogP contribution in [0.15, 0.2) is 16.6 Å². The number of rotatable bonds is 3. The van der Waals surface area contributed by atoms with Gasteiger partial charge in [0.05, 0.1) is 33.1 Å². The van der Waals surface area contributed by atoms with Gasteiger partial charge in [0.25, 0.3) is 0 Å². The minimum absolute atomic E-state index is 0.115. The topological polar surface area (TPSA) is 27.7 Å². The van der Waals surface area contributed by atoms with Crippen LogP contribution in [0, 0.1) is 5.41 Å². The standard InChI is InChI=1S/C15H14BrCl2F3O3/c1-2-3-13-6-22-15(23-7-13,24-12(13)14(19,20)21)8-4-9(17)11(16)10(18)5-8/h4-5,12H,2-3,6-7H2,1H3. The minimum Gasteiger partial charge on any atom is -0.323 e. The molecule has 1 unspecified atom stereocenters. The zero-order valence-corrected chi connectivity index (χ0v) is 15.7. The maximum Gasteiger partial charge on any atom is 0.415 e. The summed E-state index contributed by atoms with van der Waals surface area (Å²) in [6.07, 6.45) is -5.66. The third kappa shape index (κ3) is 2.97. The van der Waals surface area contributed by atoms with Crippen LogP contribution in [0.1, 0.15) is 25.3 Å². The van der Waals surface area contributed by atoms with E-state index in [1.807, 2.05) is 6.92 Å². The van der Waals surface area contributed by atoms with Crippen LogP contribution in [0.2, 0.25) is 10.0 Å². The highest BCUT2D eigenvalue weighted by molar-refractivity contribution is 9.10. The van der Waals surface area contributed by atoms with Gasteiger partial charge in [0, 0.05) is 5.56 Å². The van der Waals surface area contributed by atoms with E-state index >= 15 is 0 Å². The van der Waals surface area contributed by atoms with Gasteiger partial charge in [0.2, 0.25) is 0 Å². The van der Waals surface area contributed by atoms with Crippen molar-refractivity contribution in [2.24, 2.45) is 5.41 Å². The highest BCUT2D eigenvalue weighted by Crippen LogP contribution is 2.54. The molecule has 3 nitrogen and oxygen atoms in total. The van der Waals surface area contributed by atoms with Gasteiger partial charge in [-0.1, -0.05) is 36.5 Å². The summed E-state index contributed by atoms with van der Waals surface area (Å²) in [5, 5.41) is 0.449. The largest absolute Gasteiger partial charge is 0.415 e. The van der Waals surface area contributed by atoms with Gasteiger partial charge in [-0.15, -0.1) is 0 Å². The monoisotopic (exact) mass is 448 g/mol. The first-order valence-corrected chi connectivity index (χ1v) is 8.86. The lowest BCUT2D eigenvalue weighted by atomic mass is 9.76. The van der Waals surface area contributed by atoms with Crippen LogP contribution in [0.3, 0.4) is 0 Å². The van der Waals surface area contributed by atoms with Gasteiger partial charge in [-0.25, -0.2) is 0 Å². The molecule has 0 aromatic heterocycles. The molecule has 0 spiro atoms. The highest BCUT2D eigenvalue weighted by Gasteiger charge is 2.66. The minimum atomic E-state index is -4.53. The fourth-order valence-electron chi connectivity index (χ4n) is 3.21. The Morgan fingerprint density at radius 2 is 1.75 bits per heavy atom. The third-order valence-electron chi connectivity index (χ3n) is 4.31. The van der Waals surface area contributed by atoms with Gasteiger partial charge in [0.15, 0.2) is 6.10 Å². The fourth-order valence-corrected chi connectivity index (χ4v) is 3.93. The van der Waals surface area contributed by atoms with Crippen molar-refractivity contribution in [1.82, 2.24) is 0 Å². The summed E-state index contributed by atoms with van der Waals surface area (Å²) in [7, 11) is 0. The molecule has 0 radical (unpaired) electrons. The number of fused-ring (bicyclic) bond motifs is 3. The molecular formula is C15H14BrCl2F3O3. The summed E-state index contributed by atoms with van der Waals surface area (Å²) < 4.78 is 57.7. The van der Waals surface area contributed by atoms with E-state index < -0.39 is 23.7 Å². The lowest BCUT2D eigenvalue weighted by Crippen LogP contribution is -2.66. The second-order valence-corrected chi connectivity index (χ2v) is 7.65. The molecule has 9 heteroatoms. The Morgan fingerprint density at radius 3 is 2.21 bits per heavy atom. The molecule has 3 fully saturated rings. The van der Waals surface area contributed by atoms with Gasteiger partial charge < -0.3 is 14.2 Å². The summed E-state index contributed by atoms with van der Waals surface area (Å²) in [6, 6.07) is 2.84. The average Bonchev–Trinajstić information content (AvgIpc) is 2.52. The fraction of sp³-hybridized carbons (Fsp3) is 0.600. The van der Waals surface area contributed by atoms with Crippen molar-refractivity contribution in [1.29, 1.82) is 0 Å². The van der Waals surface area contributed by atoms with Crippen LogP contribution in [0.4, 0.5) is 13.2 Å². The molecule has 3 saturated heterocycles. The van der Waals surface area contributed by atoms with Crippen molar-refractivity contribution < 1.29 is 27.4 Å². The SMILES string of the molecule is CCCC12COC(c3cc(Cl)c(Br)c(Cl)c3)(OC1)OC2C(F)(F)F. The van der Waals surface area contributed by atoms with Gasteiger partial charge in [-0.2, -0.15) is 13.2 Å². The van der Waals surface area contributed by atoms with Crippen LogP contribution in [-0.2, 0) is 20.2 Å². The smallest absolute Gasteiger partial charge is 0.323 e. The maximum absolute atomic E-state index is 13.6. The Morgan fingerprint density at radius 1 is 1.21 bits per heavy atom. The van der Waals surface area contributed by atoms with Crippen molar-refractivity contribution in [3.8, 4) is 0 Å². The first-order valence-electron chi connectivity index (χ1n) is 7.31. The van der Waals surface area contributed by atoms with Crippen LogP contribution < -0.4 is 0 Å². The normalized spacial score (nSPS) is 33.0. The predicted molar refractivity (Wildman–Crippen MR) is 86.0 cm³/mol. The van der Waals surface area contributed by atoms with E-state index in [2.05, 4.69) is 15.9 Å². The molecule has 24 heavy (non-hydrogen) atoms. The second-order valence-electron chi connectivity index (χ2n) is 6.04. The number of hydrogen-bond donors (Lipinski definition) is 0. The highest BCUT2D eigenvalue weighted by atomic mass is 79.9. The molecule has 2 bridgehead atoms. The van der Waals surface area contributed by atoms with Gasteiger partial charge >= 0.3 is 12.1 Å². The average molecular weight is 450 g/mol. The number of benzene rings is 1. The molecule has 1 aromatic carbocycles. The first kappa shape index (κ1) is 18.7. The molecule has 4 rings (SSSR count). The Labute approximate surface area is 155 Å². The van der Waals surface area contributed by atoms with Gasteiger partial charge in [0.1, 0.15) is 0 Å². The molecule has 0 N–H and O–H groups in total. The Hall–Kier alpha value is -0.0500. The summed E-state index contributed by atoms with van der Waals surface area (Å²) in [6.45, 7) is 1.58. The summed E-state index contributed by atoms with van der Waals surface area (Å²) >= 11 is 15.3. The molecule has 1 aromatic rings. The number of alkyl halides is 3. The van der Waals surface area contributed by atoms with Crippen LogP contribution >= 0.6 is 39.1 Å². The van der Waals surface area contributed by atoms with E-state index in [-0.39, 0.29) is 35.2 Å². The molecule has 3 aliphatic heterocycles. The maximum atomic E-state index is 13.6. The van der Waals surface area contributed by atoms with Crippen molar-refractivity contribution in [3.05, 3.63) is 32.2 Å². The van der Waals surface area contributed by atoms with E-state index in [1.54, 1.807) is 0 Å². The lowest BCUT2D eigenvalue weighted by Gasteiger charge is -2.56. The summed E-state index contributed by atoms with van der Waals surface area (Å²) in [5.74, 6) is -1.95. The molecular weight excluding hydrogens is 436 g/mol. The van der Waals surface area contributed by atoms with Gasteiger partial charge in [-0.3, -0.25) is 0 Å². The number of hydrogen-bond acceptors (Lipinski definition) is 3. The molecule has 0 amide bonds. The molecule has 0 saturated carbocycles. The summed E-state index contributed by atoms with van der Waals surface area (Å²) in [4.78, 5) is 0. The predicted octanol–water partition coefficient (Wildman–Crippen LogP) is 5.66. The van der Waals surface area contributed by atoms with Crippen molar-refractivity contribution in [2.45, 2.75) is 38.0 Å². The summed E-state index contributed by atoms with van der Waals surface area (Å²) in [5.41, 5.74) is -1.04. The molecule has 0 aliphatic carbocycles.